The van der Waals surface area contributed by atoms with Crippen LogP contribution in [0.5, 0.6) is 11.5 Å². The SMILES string of the molecule is COc1ccc(OC)c(C(C)NC(=O)N2CCN(c3cccc(C)c3)CC2)c1. The van der Waals surface area contributed by atoms with Gasteiger partial charge in [-0.25, -0.2) is 4.79 Å². The van der Waals surface area contributed by atoms with E-state index < -0.39 is 0 Å². The maximum atomic E-state index is 12.8. The van der Waals surface area contributed by atoms with Gasteiger partial charge in [-0.05, 0) is 49.7 Å². The Kier molecular flexibility index (Phi) is 6.29. The largest absolute Gasteiger partial charge is 0.497 e. The van der Waals surface area contributed by atoms with Gasteiger partial charge in [-0.1, -0.05) is 12.1 Å². The van der Waals surface area contributed by atoms with Gasteiger partial charge >= 0.3 is 6.03 Å². The summed E-state index contributed by atoms with van der Waals surface area (Å²) in [4.78, 5) is 17.0. The Morgan fingerprint density at radius 3 is 2.43 bits per heavy atom. The number of anilines is 1. The van der Waals surface area contributed by atoms with Crippen LogP contribution < -0.4 is 19.7 Å². The highest BCUT2D eigenvalue weighted by Gasteiger charge is 2.23. The van der Waals surface area contributed by atoms with Crippen LogP contribution in [0, 0.1) is 6.92 Å². The van der Waals surface area contributed by atoms with Crippen molar-refractivity contribution in [3.8, 4) is 11.5 Å². The first-order valence-electron chi connectivity index (χ1n) is 9.61. The summed E-state index contributed by atoms with van der Waals surface area (Å²) in [6.07, 6.45) is 0. The summed E-state index contributed by atoms with van der Waals surface area (Å²) in [5.74, 6) is 1.47. The molecular weight excluding hydrogens is 354 g/mol. The van der Waals surface area contributed by atoms with E-state index in [1.807, 2.05) is 30.0 Å². The fourth-order valence-electron chi connectivity index (χ4n) is 3.52. The van der Waals surface area contributed by atoms with Crippen molar-refractivity contribution in [1.29, 1.82) is 0 Å². The maximum absolute atomic E-state index is 12.8. The Morgan fingerprint density at radius 1 is 1.04 bits per heavy atom. The summed E-state index contributed by atoms with van der Waals surface area (Å²) >= 11 is 0. The van der Waals surface area contributed by atoms with Crippen molar-refractivity contribution in [3.05, 3.63) is 53.6 Å². The molecule has 0 spiro atoms. The maximum Gasteiger partial charge on any atom is 0.317 e. The topological polar surface area (TPSA) is 54.0 Å². The van der Waals surface area contributed by atoms with Crippen molar-refractivity contribution in [2.75, 3.05) is 45.3 Å². The molecule has 28 heavy (non-hydrogen) atoms. The zero-order valence-electron chi connectivity index (χ0n) is 17.1. The number of rotatable bonds is 5. The Labute approximate surface area is 167 Å². The minimum absolute atomic E-state index is 0.0544. The molecular formula is C22H29N3O3. The van der Waals surface area contributed by atoms with E-state index in [2.05, 4.69) is 41.4 Å². The molecule has 0 aliphatic carbocycles. The van der Waals surface area contributed by atoms with Gasteiger partial charge in [0.1, 0.15) is 11.5 Å². The van der Waals surface area contributed by atoms with Gasteiger partial charge in [0.05, 0.1) is 20.3 Å². The predicted molar refractivity (Wildman–Crippen MR) is 111 cm³/mol. The van der Waals surface area contributed by atoms with Crippen LogP contribution in [0.15, 0.2) is 42.5 Å². The first kappa shape index (κ1) is 19.9. The summed E-state index contributed by atoms with van der Waals surface area (Å²) in [5.41, 5.74) is 3.36. The predicted octanol–water partition coefficient (Wildman–Crippen LogP) is 3.61. The summed E-state index contributed by atoms with van der Waals surface area (Å²) in [6, 6.07) is 13.9. The summed E-state index contributed by atoms with van der Waals surface area (Å²) in [5, 5.41) is 3.09. The second kappa shape index (κ2) is 8.87. The van der Waals surface area contributed by atoms with Gasteiger partial charge in [0, 0.05) is 37.4 Å². The normalized spacial score (nSPS) is 15.1. The van der Waals surface area contributed by atoms with Crippen LogP contribution in [0.25, 0.3) is 0 Å². The third-order valence-corrected chi connectivity index (χ3v) is 5.18. The second-order valence-corrected chi connectivity index (χ2v) is 7.09. The summed E-state index contributed by atoms with van der Waals surface area (Å²) in [6.45, 7) is 7.10. The molecule has 1 N–H and O–H groups in total. The lowest BCUT2D eigenvalue weighted by Gasteiger charge is -2.36. The Morgan fingerprint density at radius 2 is 1.79 bits per heavy atom. The van der Waals surface area contributed by atoms with E-state index in [1.54, 1.807) is 14.2 Å². The molecule has 6 nitrogen and oxygen atoms in total. The van der Waals surface area contributed by atoms with Gasteiger partial charge in [-0.15, -0.1) is 0 Å². The third kappa shape index (κ3) is 4.50. The van der Waals surface area contributed by atoms with Crippen molar-refractivity contribution in [2.24, 2.45) is 0 Å². The van der Waals surface area contributed by atoms with Crippen LogP contribution in [-0.2, 0) is 0 Å². The fourth-order valence-corrected chi connectivity index (χ4v) is 3.52. The lowest BCUT2D eigenvalue weighted by molar-refractivity contribution is 0.191. The van der Waals surface area contributed by atoms with Crippen LogP contribution in [0.1, 0.15) is 24.1 Å². The van der Waals surface area contributed by atoms with E-state index in [-0.39, 0.29) is 12.1 Å². The van der Waals surface area contributed by atoms with Crippen molar-refractivity contribution >= 4 is 11.7 Å². The summed E-state index contributed by atoms with van der Waals surface area (Å²) in [7, 11) is 3.26. The molecule has 1 fully saturated rings. The van der Waals surface area contributed by atoms with Crippen LogP contribution in [-0.4, -0.2) is 51.3 Å². The highest BCUT2D eigenvalue weighted by molar-refractivity contribution is 5.75. The van der Waals surface area contributed by atoms with E-state index in [4.69, 9.17) is 9.47 Å². The van der Waals surface area contributed by atoms with Gasteiger partial charge in [-0.3, -0.25) is 0 Å². The molecule has 0 radical (unpaired) electrons. The minimum atomic E-state index is -0.188. The summed E-state index contributed by atoms with van der Waals surface area (Å²) < 4.78 is 10.7. The Hall–Kier alpha value is -2.89. The molecule has 2 aromatic carbocycles. The van der Waals surface area contributed by atoms with Crippen molar-refractivity contribution < 1.29 is 14.3 Å². The number of nitrogens with one attached hydrogen (secondary N) is 1. The number of nitrogens with zero attached hydrogens (tertiary/aromatic N) is 2. The zero-order chi connectivity index (χ0) is 20.1. The second-order valence-electron chi connectivity index (χ2n) is 7.09. The average molecular weight is 383 g/mol. The Balaban J connectivity index is 1.60. The lowest BCUT2D eigenvalue weighted by atomic mass is 10.1. The quantitative estimate of drug-likeness (QED) is 0.857. The Bertz CT molecular complexity index is 816. The van der Waals surface area contributed by atoms with Crippen LogP contribution >= 0.6 is 0 Å². The molecule has 0 bridgehead atoms. The highest BCUT2D eigenvalue weighted by atomic mass is 16.5. The number of hydrogen-bond acceptors (Lipinski definition) is 4. The number of carbonyl (C=O) groups is 1. The van der Waals surface area contributed by atoms with E-state index in [9.17, 15) is 4.79 Å². The number of urea groups is 1. The van der Waals surface area contributed by atoms with Crippen LogP contribution in [0.4, 0.5) is 10.5 Å². The molecule has 2 aromatic rings. The molecule has 1 heterocycles. The van der Waals surface area contributed by atoms with E-state index in [0.29, 0.717) is 13.1 Å². The zero-order valence-corrected chi connectivity index (χ0v) is 17.1. The molecule has 150 valence electrons. The number of aryl methyl sites for hydroxylation is 1. The number of ether oxygens (including phenoxy) is 2. The molecule has 1 aliphatic heterocycles. The van der Waals surface area contributed by atoms with Crippen LogP contribution in [0.3, 0.4) is 0 Å². The lowest BCUT2D eigenvalue weighted by Crippen LogP contribution is -2.52. The van der Waals surface area contributed by atoms with Gasteiger partial charge < -0.3 is 24.6 Å². The monoisotopic (exact) mass is 383 g/mol. The molecule has 1 saturated heterocycles. The van der Waals surface area contributed by atoms with Gasteiger partial charge in [0.25, 0.3) is 0 Å². The van der Waals surface area contributed by atoms with E-state index in [1.165, 1.54) is 11.3 Å². The first-order chi connectivity index (χ1) is 13.5. The first-order valence-corrected chi connectivity index (χ1v) is 9.61. The molecule has 1 unspecified atom stereocenters. The van der Waals surface area contributed by atoms with Gasteiger partial charge in [0.2, 0.25) is 0 Å². The smallest absolute Gasteiger partial charge is 0.317 e. The van der Waals surface area contributed by atoms with E-state index in [0.717, 1.165) is 30.2 Å². The van der Waals surface area contributed by atoms with Crippen LogP contribution in [0.2, 0.25) is 0 Å². The van der Waals surface area contributed by atoms with Crippen molar-refractivity contribution in [1.82, 2.24) is 10.2 Å². The number of benzene rings is 2. The molecule has 0 aromatic heterocycles. The van der Waals surface area contributed by atoms with Crippen molar-refractivity contribution in [2.45, 2.75) is 19.9 Å². The fraction of sp³-hybridized carbons (Fsp3) is 0.409. The number of carbonyl (C=O) groups excluding carboxylic acids is 1. The minimum Gasteiger partial charge on any atom is -0.497 e. The number of amides is 2. The molecule has 1 aliphatic rings. The van der Waals surface area contributed by atoms with E-state index >= 15 is 0 Å². The third-order valence-electron chi connectivity index (χ3n) is 5.18. The van der Waals surface area contributed by atoms with Crippen molar-refractivity contribution in [3.63, 3.8) is 0 Å². The molecule has 2 amide bonds. The van der Waals surface area contributed by atoms with Gasteiger partial charge in [0.15, 0.2) is 0 Å². The molecule has 6 heteroatoms. The average Bonchev–Trinajstić information content (AvgIpc) is 2.73. The number of piperazine rings is 1. The molecule has 1 atom stereocenters. The number of methoxy groups -OCH3 is 2. The standard InChI is InChI=1S/C22H29N3O3/c1-16-6-5-7-18(14-16)24-10-12-25(13-11-24)22(26)23-17(2)20-15-19(27-3)8-9-21(20)28-4/h5-9,14-15,17H,10-13H2,1-4H3,(H,23,26). The number of hydrogen-bond donors (Lipinski definition) is 1. The highest BCUT2D eigenvalue weighted by Crippen LogP contribution is 2.29. The molecule has 0 saturated carbocycles. The molecule has 3 rings (SSSR count). The van der Waals surface area contributed by atoms with Gasteiger partial charge in [-0.2, -0.15) is 0 Å².